The molecule has 0 aromatic heterocycles. The van der Waals surface area contributed by atoms with Crippen molar-refractivity contribution < 1.29 is 14.6 Å². The molecule has 182 valence electrons. The number of aliphatic hydroxyl groups is 1. The largest absolute Gasteiger partial charge is 0.491 e. The lowest BCUT2D eigenvalue weighted by molar-refractivity contribution is 0.0322. The van der Waals surface area contributed by atoms with E-state index in [1.54, 1.807) is 0 Å². The number of hydrogen-bond donors (Lipinski definition) is 2. The summed E-state index contributed by atoms with van der Waals surface area (Å²) >= 11 is 0. The molecule has 0 aliphatic carbocycles. The highest BCUT2D eigenvalue weighted by Crippen LogP contribution is 2.44. The lowest BCUT2D eigenvalue weighted by Crippen LogP contribution is -2.50. The van der Waals surface area contributed by atoms with Gasteiger partial charge in [0.15, 0.2) is 0 Å². The predicted molar refractivity (Wildman–Crippen MR) is 140 cm³/mol. The fourth-order valence-electron chi connectivity index (χ4n) is 4.43. The van der Waals surface area contributed by atoms with Gasteiger partial charge in [-0.15, -0.1) is 0 Å². The van der Waals surface area contributed by atoms with Crippen LogP contribution in [-0.4, -0.2) is 30.4 Å². The number of aryl methyl sites for hydroxylation is 2. The predicted octanol–water partition coefficient (Wildman–Crippen LogP) is 5.94. The third-order valence-electron chi connectivity index (χ3n) is 5.95. The second-order valence-electron chi connectivity index (χ2n) is 9.63. The average Bonchev–Trinajstić information content (AvgIpc) is 2.79. The summed E-state index contributed by atoms with van der Waals surface area (Å²) in [6.07, 6.45) is 0.561. The van der Waals surface area contributed by atoms with Gasteiger partial charge >= 0.3 is 0 Å². The van der Waals surface area contributed by atoms with E-state index in [-0.39, 0.29) is 18.2 Å². The summed E-state index contributed by atoms with van der Waals surface area (Å²) in [5.41, 5.74) is 3.29. The van der Waals surface area contributed by atoms with Crippen LogP contribution in [0.15, 0.2) is 66.7 Å². The van der Waals surface area contributed by atoms with Crippen LogP contribution in [0.2, 0.25) is 0 Å². The minimum absolute atomic E-state index is 0.0308. The highest BCUT2D eigenvalue weighted by molar-refractivity contribution is 5.53. The number of ether oxygens (including phenoxy) is 2. The van der Waals surface area contributed by atoms with Crippen molar-refractivity contribution >= 4 is 0 Å². The van der Waals surface area contributed by atoms with Crippen LogP contribution in [0.5, 0.6) is 11.5 Å². The minimum Gasteiger partial charge on any atom is -0.491 e. The molecule has 0 spiro atoms. The molecular formula is C30H39NO3. The van der Waals surface area contributed by atoms with Crippen molar-refractivity contribution in [2.75, 3.05) is 7.05 Å². The maximum Gasteiger partial charge on any atom is 0.137 e. The van der Waals surface area contributed by atoms with Crippen LogP contribution in [0.3, 0.4) is 0 Å². The quantitative estimate of drug-likeness (QED) is 0.392. The zero-order valence-electron chi connectivity index (χ0n) is 21.6. The summed E-state index contributed by atoms with van der Waals surface area (Å²) in [5, 5.41) is 16.3. The first-order valence-electron chi connectivity index (χ1n) is 12.1. The molecule has 0 saturated carbocycles. The molecule has 0 bridgehead atoms. The maximum atomic E-state index is 12.9. The van der Waals surface area contributed by atoms with Gasteiger partial charge in [-0.25, -0.2) is 0 Å². The second-order valence-corrected chi connectivity index (χ2v) is 9.63. The Morgan fingerprint density at radius 3 is 1.65 bits per heavy atom. The Bertz CT molecular complexity index is 1020. The zero-order valence-corrected chi connectivity index (χ0v) is 21.6. The Labute approximate surface area is 204 Å². The van der Waals surface area contributed by atoms with Crippen molar-refractivity contribution in [3.05, 3.63) is 94.5 Å². The van der Waals surface area contributed by atoms with Crippen LogP contribution < -0.4 is 14.8 Å². The van der Waals surface area contributed by atoms with Gasteiger partial charge in [-0.05, 0) is 84.8 Å². The molecule has 0 radical (unpaired) electrons. The standard InChI is InChI=1S/C30H39NO3/c1-20(2)33-27-15-13-22(5)17-25(27)30(32,29(31-7)19-24-11-9-8-10-12-24)26-18-23(6)14-16-28(26)34-21(3)4/h8-18,20-21,29,31-32H,19H2,1-7H3. The number of nitrogens with one attached hydrogen (secondary N) is 1. The first-order valence-corrected chi connectivity index (χ1v) is 12.1. The molecule has 0 aliphatic heterocycles. The van der Waals surface area contributed by atoms with E-state index in [1.165, 1.54) is 0 Å². The smallest absolute Gasteiger partial charge is 0.137 e. The molecule has 0 saturated heterocycles. The van der Waals surface area contributed by atoms with Crippen LogP contribution in [0, 0.1) is 13.8 Å². The van der Waals surface area contributed by atoms with Gasteiger partial charge in [0.05, 0.1) is 12.2 Å². The van der Waals surface area contributed by atoms with Crippen LogP contribution in [-0.2, 0) is 12.0 Å². The molecule has 34 heavy (non-hydrogen) atoms. The van der Waals surface area contributed by atoms with Crippen molar-refractivity contribution in [1.82, 2.24) is 5.32 Å². The number of rotatable bonds is 10. The summed E-state index contributed by atoms with van der Waals surface area (Å²) in [6.45, 7) is 12.1. The van der Waals surface area contributed by atoms with Crippen LogP contribution in [0.25, 0.3) is 0 Å². The van der Waals surface area contributed by atoms with E-state index >= 15 is 0 Å². The van der Waals surface area contributed by atoms with Crippen LogP contribution in [0.4, 0.5) is 0 Å². The van der Waals surface area contributed by atoms with Gasteiger partial charge in [0.2, 0.25) is 0 Å². The zero-order chi connectivity index (χ0) is 24.9. The Hall–Kier alpha value is -2.82. The van der Waals surface area contributed by atoms with E-state index in [4.69, 9.17) is 9.47 Å². The highest BCUT2D eigenvalue weighted by atomic mass is 16.5. The SMILES string of the molecule is CNC(Cc1ccccc1)C(O)(c1cc(C)ccc1OC(C)C)c1cc(C)ccc1OC(C)C. The fourth-order valence-corrected chi connectivity index (χ4v) is 4.43. The number of likely N-dealkylation sites (N-methyl/N-ethyl adjacent to an activating group) is 1. The molecule has 2 N–H and O–H groups in total. The normalized spacial score (nSPS) is 12.8. The Morgan fingerprint density at radius 2 is 1.24 bits per heavy atom. The van der Waals surface area contributed by atoms with E-state index in [0.29, 0.717) is 17.9 Å². The lowest BCUT2D eigenvalue weighted by Gasteiger charge is -2.40. The van der Waals surface area contributed by atoms with E-state index in [2.05, 4.69) is 17.4 Å². The van der Waals surface area contributed by atoms with Gasteiger partial charge in [0, 0.05) is 17.2 Å². The lowest BCUT2D eigenvalue weighted by atomic mass is 9.76. The van der Waals surface area contributed by atoms with Gasteiger partial charge in [-0.2, -0.15) is 0 Å². The summed E-state index contributed by atoms with van der Waals surface area (Å²) in [5.74, 6) is 1.35. The molecule has 1 atom stereocenters. The summed E-state index contributed by atoms with van der Waals surface area (Å²) in [7, 11) is 1.90. The van der Waals surface area contributed by atoms with E-state index < -0.39 is 5.60 Å². The molecule has 3 aromatic rings. The van der Waals surface area contributed by atoms with Gasteiger partial charge in [0.1, 0.15) is 17.1 Å². The molecular weight excluding hydrogens is 422 g/mol. The maximum absolute atomic E-state index is 12.9. The van der Waals surface area contributed by atoms with Crippen molar-refractivity contribution in [1.29, 1.82) is 0 Å². The summed E-state index contributed by atoms with van der Waals surface area (Å²) in [4.78, 5) is 0. The molecule has 1 unspecified atom stereocenters. The van der Waals surface area contributed by atoms with Crippen molar-refractivity contribution in [2.24, 2.45) is 0 Å². The van der Waals surface area contributed by atoms with Crippen molar-refractivity contribution in [3.63, 3.8) is 0 Å². The summed E-state index contributed by atoms with van der Waals surface area (Å²) in [6, 6.07) is 21.9. The molecule has 0 amide bonds. The molecule has 3 rings (SSSR count). The van der Waals surface area contributed by atoms with Gasteiger partial charge < -0.3 is 19.9 Å². The van der Waals surface area contributed by atoms with Crippen molar-refractivity contribution in [3.8, 4) is 11.5 Å². The molecule has 0 aliphatic rings. The molecule has 3 aromatic carbocycles. The highest BCUT2D eigenvalue weighted by Gasteiger charge is 2.44. The number of hydrogen-bond acceptors (Lipinski definition) is 4. The van der Waals surface area contributed by atoms with Gasteiger partial charge in [-0.3, -0.25) is 0 Å². The third-order valence-corrected chi connectivity index (χ3v) is 5.95. The summed E-state index contributed by atoms with van der Waals surface area (Å²) < 4.78 is 12.5. The van der Waals surface area contributed by atoms with Crippen LogP contribution in [0.1, 0.15) is 55.5 Å². The monoisotopic (exact) mass is 461 g/mol. The molecule has 0 heterocycles. The third kappa shape index (κ3) is 5.81. The van der Waals surface area contributed by atoms with E-state index in [1.807, 2.05) is 103 Å². The van der Waals surface area contributed by atoms with E-state index in [0.717, 1.165) is 27.8 Å². The van der Waals surface area contributed by atoms with Gasteiger partial charge in [-0.1, -0.05) is 53.6 Å². The fraction of sp³-hybridized carbons (Fsp3) is 0.400. The minimum atomic E-state index is -1.42. The van der Waals surface area contributed by atoms with Crippen LogP contribution >= 0.6 is 0 Å². The first-order chi connectivity index (χ1) is 16.1. The molecule has 4 heteroatoms. The Kier molecular flexibility index (Phi) is 8.40. The van der Waals surface area contributed by atoms with E-state index in [9.17, 15) is 5.11 Å². The molecule has 0 fully saturated rings. The Morgan fingerprint density at radius 1 is 0.765 bits per heavy atom. The van der Waals surface area contributed by atoms with Gasteiger partial charge in [0.25, 0.3) is 0 Å². The van der Waals surface area contributed by atoms with Crippen molar-refractivity contribution in [2.45, 2.75) is 71.8 Å². The topological polar surface area (TPSA) is 50.7 Å². The number of benzene rings is 3. The average molecular weight is 462 g/mol. The molecule has 4 nitrogen and oxygen atoms in total. The first kappa shape index (κ1) is 25.8. The second kappa shape index (κ2) is 11.1. The Balaban J connectivity index is 2.31.